The van der Waals surface area contributed by atoms with Crippen LogP contribution in [0, 0.1) is 0 Å². The Hall–Kier alpha value is -1.80. The van der Waals surface area contributed by atoms with Crippen LogP contribution >= 0.6 is 0 Å². The lowest BCUT2D eigenvalue weighted by molar-refractivity contribution is -0.141. The van der Waals surface area contributed by atoms with Crippen LogP contribution in [0.4, 0.5) is 18.9 Å². The zero-order valence-corrected chi connectivity index (χ0v) is 13.1. The van der Waals surface area contributed by atoms with Crippen LogP contribution in [-0.4, -0.2) is 49.4 Å². The van der Waals surface area contributed by atoms with Crippen molar-refractivity contribution < 1.29 is 27.4 Å². The van der Waals surface area contributed by atoms with Crippen LogP contribution in [0.5, 0.6) is 5.75 Å². The maximum absolute atomic E-state index is 12.5. The van der Waals surface area contributed by atoms with Crippen LogP contribution in [-0.2, 0) is 16.1 Å². The summed E-state index contributed by atoms with van der Waals surface area (Å²) in [5, 5.41) is 2.74. The van der Waals surface area contributed by atoms with E-state index in [1.165, 1.54) is 0 Å². The highest BCUT2D eigenvalue weighted by atomic mass is 19.4. The average Bonchev–Trinajstić information content (AvgIpc) is 2.53. The monoisotopic (exact) mass is 344 g/mol. The van der Waals surface area contributed by atoms with Crippen LogP contribution < -0.4 is 10.1 Å². The number of nitrogens with one attached hydrogen (secondary N) is 1. The van der Waals surface area contributed by atoms with E-state index in [2.05, 4.69) is 5.32 Å². The molecule has 1 aromatic carbocycles. The van der Waals surface area contributed by atoms with E-state index < -0.39 is 12.6 Å². The summed E-state index contributed by atoms with van der Waals surface area (Å²) < 4.78 is 48.1. The number of hydrogen-bond donors (Lipinski definition) is 1. The maximum atomic E-state index is 12.5. The van der Waals surface area contributed by atoms with Crippen molar-refractivity contribution in [1.29, 1.82) is 0 Å². The van der Waals surface area contributed by atoms with Gasteiger partial charge in [-0.1, -0.05) is 6.07 Å². The molecular formula is C16H19F3N2O3. The van der Waals surface area contributed by atoms with Crippen LogP contribution in [0.3, 0.4) is 0 Å². The minimum absolute atomic E-state index is 0.00464. The molecular weight excluding hydrogens is 325 g/mol. The van der Waals surface area contributed by atoms with Crippen molar-refractivity contribution in [3.05, 3.63) is 23.8 Å². The van der Waals surface area contributed by atoms with Crippen molar-refractivity contribution >= 4 is 11.6 Å². The van der Waals surface area contributed by atoms with E-state index in [0.717, 1.165) is 5.56 Å². The molecule has 1 saturated heterocycles. The Labute approximate surface area is 137 Å². The molecule has 2 heterocycles. The molecule has 5 nitrogen and oxygen atoms in total. The molecule has 2 aliphatic rings. The van der Waals surface area contributed by atoms with Crippen molar-refractivity contribution in [3.63, 3.8) is 0 Å². The topological polar surface area (TPSA) is 50.8 Å². The van der Waals surface area contributed by atoms with Gasteiger partial charge in [-0.15, -0.1) is 0 Å². The van der Waals surface area contributed by atoms with E-state index in [9.17, 15) is 18.0 Å². The Morgan fingerprint density at radius 2 is 2.17 bits per heavy atom. The number of hydrogen-bond acceptors (Lipinski definition) is 4. The van der Waals surface area contributed by atoms with E-state index in [1.54, 1.807) is 6.07 Å². The number of morpholine rings is 1. The molecule has 8 heteroatoms. The number of benzene rings is 1. The first-order valence-corrected chi connectivity index (χ1v) is 7.85. The molecule has 132 valence electrons. The summed E-state index contributed by atoms with van der Waals surface area (Å²) in [4.78, 5) is 13.4. The summed E-state index contributed by atoms with van der Waals surface area (Å²) in [6, 6.07) is 5.19. The molecule has 0 saturated carbocycles. The van der Waals surface area contributed by atoms with E-state index >= 15 is 0 Å². The van der Waals surface area contributed by atoms with Crippen molar-refractivity contribution in [3.8, 4) is 5.75 Å². The minimum atomic E-state index is -4.16. The number of carbonyl (C=O) groups is 1. The van der Waals surface area contributed by atoms with Gasteiger partial charge in [0.2, 0.25) is 0 Å². The van der Waals surface area contributed by atoms with Gasteiger partial charge in [-0.05, 0) is 24.1 Å². The molecule has 1 atom stereocenters. The van der Waals surface area contributed by atoms with Gasteiger partial charge in [0.15, 0.2) is 6.61 Å². The third kappa shape index (κ3) is 4.39. The molecule has 2 aliphatic heterocycles. The van der Waals surface area contributed by atoms with Crippen LogP contribution in [0.25, 0.3) is 0 Å². The summed E-state index contributed by atoms with van der Waals surface area (Å²) in [5.74, 6) is 0.392. The number of nitrogens with zero attached hydrogens (tertiary/aromatic N) is 1. The Kier molecular flexibility index (Phi) is 4.96. The molecule has 0 radical (unpaired) electrons. The van der Waals surface area contributed by atoms with Crippen molar-refractivity contribution in [2.75, 3.05) is 31.7 Å². The van der Waals surface area contributed by atoms with Crippen LogP contribution in [0.15, 0.2) is 18.2 Å². The summed E-state index contributed by atoms with van der Waals surface area (Å²) in [6.07, 6.45) is -4.95. The first kappa shape index (κ1) is 17.0. The van der Waals surface area contributed by atoms with Gasteiger partial charge in [-0.2, -0.15) is 13.2 Å². The third-order valence-electron chi connectivity index (χ3n) is 4.17. The van der Waals surface area contributed by atoms with Gasteiger partial charge < -0.3 is 14.8 Å². The summed E-state index contributed by atoms with van der Waals surface area (Å²) in [5.41, 5.74) is 1.52. The molecule has 0 bridgehead atoms. The van der Waals surface area contributed by atoms with E-state index in [1.807, 2.05) is 17.0 Å². The minimum Gasteiger partial charge on any atom is -0.482 e. The molecule has 0 aliphatic carbocycles. The van der Waals surface area contributed by atoms with Gasteiger partial charge in [0.1, 0.15) is 5.75 Å². The molecule has 24 heavy (non-hydrogen) atoms. The number of fused-ring (bicyclic) bond motifs is 1. The lowest BCUT2D eigenvalue weighted by atomic mass is 10.1. The number of amides is 1. The Morgan fingerprint density at radius 1 is 1.33 bits per heavy atom. The Morgan fingerprint density at radius 3 is 2.96 bits per heavy atom. The first-order valence-electron chi connectivity index (χ1n) is 7.85. The van der Waals surface area contributed by atoms with E-state index in [0.29, 0.717) is 37.7 Å². The Balaban J connectivity index is 1.66. The molecule has 0 aromatic heterocycles. The van der Waals surface area contributed by atoms with Gasteiger partial charge in [0.25, 0.3) is 5.91 Å². The van der Waals surface area contributed by atoms with Gasteiger partial charge in [0.05, 0.1) is 18.9 Å². The second-order valence-electron chi connectivity index (χ2n) is 6.02. The smallest absolute Gasteiger partial charge is 0.389 e. The SMILES string of the molecule is O=C1COc2ccc(CN3CCOCC3CCC(F)(F)F)cc2N1. The standard InChI is InChI=1S/C16H19F3N2O3/c17-16(18,19)4-3-12-9-23-6-5-21(12)8-11-1-2-14-13(7-11)20-15(22)10-24-14/h1-2,7,12H,3-6,8-10H2,(H,20,22). The molecule has 0 spiro atoms. The highest BCUT2D eigenvalue weighted by Gasteiger charge is 2.31. The lowest BCUT2D eigenvalue weighted by Crippen LogP contribution is -2.45. The average molecular weight is 344 g/mol. The fraction of sp³-hybridized carbons (Fsp3) is 0.562. The van der Waals surface area contributed by atoms with E-state index in [4.69, 9.17) is 9.47 Å². The fourth-order valence-electron chi connectivity index (χ4n) is 2.96. The number of halogens is 3. The number of carbonyl (C=O) groups excluding carboxylic acids is 1. The largest absolute Gasteiger partial charge is 0.482 e. The quantitative estimate of drug-likeness (QED) is 0.912. The predicted octanol–water partition coefficient (Wildman–Crippen LogP) is 2.56. The summed E-state index contributed by atoms with van der Waals surface area (Å²) >= 11 is 0. The van der Waals surface area contributed by atoms with Gasteiger partial charge >= 0.3 is 6.18 Å². The molecule has 3 rings (SSSR count). The van der Waals surface area contributed by atoms with Crippen molar-refractivity contribution in [2.24, 2.45) is 0 Å². The molecule has 1 fully saturated rings. The molecule has 1 amide bonds. The van der Waals surface area contributed by atoms with Crippen molar-refractivity contribution in [1.82, 2.24) is 4.90 Å². The van der Waals surface area contributed by atoms with E-state index in [-0.39, 0.29) is 25.0 Å². The predicted molar refractivity (Wildman–Crippen MR) is 80.9 cm³/mol. The Bertz CT molecular complexity index is 607. The van der Waals surface area contributed by atoms with Gasteiger partial charge in [-0.25, -0.2) is 0 Å². The van der Waals surface area contributed by atoms with Crippen LogP contribution in [0.2, 0.25) is 0 Å². The maximum Gasteiger partial charge on any atom is 0.389 e. The molecule has 1 N–H and O–H groups in total. The molecule has 1 aromatic rings. The number of alkyl halides is 3. The summed E-state index contributed by atoms with van der Waals surface area (Å²) in [7, 11) is 0. The number of ether oxygens (including phenoxy) is 2. The fourth-order valence-corrected chi connectivity index (χ4v) is 2.96. The zero-order chi connectivity index (χ0) is 17.2. The third-order valence-corrected chi connectivity index (χ3v) is 4.17. The van der Waals surface area contributed by atoms with Crippen LogP contribution in [0.1, 0.15) is 18.4 Å². The second kappa shape index (κ2) is 6.98. The first-order chi connectivity index (χ1) is 11.4. The van der Waals surface area contributed by atoms with Gasteiger partial charge in [0, 0.05) is 25.6 Å². The zero-order valence-electron chi connectivity index (χ0n) is 13.1. The second-order valence-corrected chi connectivity index (χ2v) is 6.02. The number of rotatable bonds is 4. The molecule has 1 unspecified atom stereocenters. The normalized spacial score (nSPS) is 21.8. The highest BCUT2D eigenvalue weighted by molar-refractivity contribution is 5.95. The van der Waals surface area contributed by atoms with Gasteiger partial charge in [-0.3, -0.25) is 9.69 Å². The lowest BCUT2D eigenvalue weighted by Gasteiger charge is -2.36. The summed E-state index contributed by atoms with van der Waals surface area (Å²) in [6.45, 7) is 1.90. The highest BCUT2D eigenvalue weighted by Crippen LogP contribution is 2.30. The number of anilines is 1. The van der Waals surface area contributed by atoms with Crippen molar-refractivity contribution in [2.45, 2.75) is 31.6 Å².